The van der Waals surface area contributed by atoms with Crippen LogP contribution in [0.25, 0.3) is 6.08 Å². The molecule has 2 aliphatic heterocycles. The fourth-order valence-electron chi connectivity index (χ4n) is 8.50. The molecule has 2 aliphatic carbocycles. The van der Waals surface area contributed by atoms with Crippen molar-refractivity contribution in [3.63, 3.8) is 0 Å². The summed E-state index contributed by atoms with van der Waals surface area (Å²) in [6, 6.07) is 17.9. The van der Waals surface area contributed by atoms with Gasteiger partial charge in [-0.25, -0.2) is 0 Å². The number of amides is 1. The van der Waals surface area contributed by atoms with Crippen molar-refractivity contribution in [2.45, 2.75) is 67.4 Å². The van der Waals surface area contributed by atoms with Crippen LogP contribution >= 0.6 is 0 Å². The number of aliphatic hydroxyl groups is 2. The first kappa shape index (κ1) is 30.6. The van der Waals surface area contributed by atoms with E-state index in [0.29, 0.717) is 30.5 Å². The Morgan fingerprint density at radius 3 is 2.70 bits per heavy atom. The highest BCUT2D eigenvalue weighted by Crippen LogP contribution is 2.65. The summed E-state index contributed by atoms with van der Waals surface area (Å²) in [6.45, 7) is 0.923. The van der Waals surface area contributed by atoms with E-state index in [4.69, 9.17) is 4.74 Å². The molecule has 0 radical (unpaired) electrons. The van der Waals surface area contributed by atoms with E-state index in [-0.39, 0.29) is 30.5 Å². The summed E-state index contributed by atoms with van der Waals surface area (Å²) in [7, 11) is 1.61. The van der Waals surface area contributed by atoms with Gasteiger partial charge in [0.1, 0.15) is 11.9 Å². The minimum absolute atomic E-state index is 0.0874. The molecular weight excluding hydrogens is 601 g/mol. The predicted octanol–water partition coefficient (Wildman–Crippen LogP) is 4.20. The zero-order chi connectivity index (χ0) is 32.4. The number of hydrogen-bond donors (Lipinski definition) is 3. The van der Waals surface area contributed by atoms with E-state index < -0.39 is 47.3 Å². The number of β-amino-alcohol motifs (C(OH)–C–C–N with tert-alkyl or cyclic N) is 1. The molecule has 1 amide bonds. The number of alkyl halides is 3. The quantitative estimate of drug-likeness (QED) is 0.334. The molecular formula is C35H35F3N2O6. The largest absolute Gasteiger partial charge is 0.573 e. The van der Waals surface area contributed by atoms with Gasteiger partial charge in [-0.3, -0.25) is 9.69 Å². The number of hydrogen-bond acceptors (Lipinski definition) is 7. The van der Waals surface area contributed by atoms with Gasteiger partial charge in [0.15, 0.2) is 11.5 Å². The van der Waals surface area contributed by atoms with Gasteiger partial charge in [0.05, 0.1) is 23.2 Å². The number of nitrogens with zero attached hydrogens (tertiary/aromatic N) is 2. The van der Waals surface area contributed by atoms with E-state index in [1.807, 2.05) is 24.3 Å². The van der Waals surface area contributed by atoms with Gasteiger partial charge < -0.3 is 29.7 Å². The highest BCUT2D eigenvalue weighted by atomic mass is 19.4. The van der Waals surface area contributed by atoms with E-state index in [0.717, 1.165) is 17.5 Å². The van der Waals surface area contributed by atoms with Crippen LogP contribution in [0.15, 0.2) is 72.8 Å². The Bertz CT molecular complexity index is 1680. The van der Waals surface area contributed by atoms with Crippen LogP contribution in [0.1, 0.15) is 35.1 Å². The Morgan fingerprint density at radius 2 is 1.93 bits per heavy atom. The van der Waals surface area contributed by atoms with E-state index in [1.54, 1.807) is 19.2 Å². The molecule has 1 saturated carbocycles. The third-order valence-electron chi connectivity index (χ3n) is 10.4. The number of benzene rings is 3. The van der Waals surface area contributed by atoms with Crippen molar-refractivity contribution in [1.29, 1.82) is 0 Å². The fourth-order valence-corrected chi connectivity index (χ4v) is 8.50. The lowest BCUT2D eigenvalue weighted by Crippen LogP contribution is -2.82. The summed E-state index contributed by atoms with van der Waals surface area (Å²) in [5.41, 5.74) is 0.331. The number of rotatable bonds is 7. The molecule has 3 N–H and O–H groups in total. The molecule has 8 nitrogen and oxygen atoms in total. The third kappa shape index (κ3) is 4.75. The molecule has 1 spiro atoms. The Kier molecular flexibility index (Phi) is 7.34. The highest BCUT2D eigenvalue weighted by molar-refractivity contribution is 5.92. The normalized spacial score (nSPS) is 29.7. The smallest absolute Gasteiger partial charge is 0.504 e. The highest BCUT2D eigenvalue weighted by Gasteiger charge is 2.76. The number of halogens is 3. The van der Waals surface area contributed by atoms with Crippen LogP contribution in [0.5, 0.6) is 17.2 Å². The zero-order valence-corrected chi connectivity index (χ0v) is 25.2. The Balaban J connectivity index is 1.19. The van der Waals surface area contributed by atoms with E-state index in [2.05, 4.69) is 21.8 Å². The third-order valence-corrected chi connectivity index (χ3v) is 10.4. The zero-order valence-electron chi connectivity index (χ0n) is 25.2. The summed E-state index contributed by atoms with van der Waals surface area (Å²) in [4.78, 5) is 17.2. The second kappa shape index (κ2) is 11.0. The molecule has 6 atom stereocenters. The topological polar surface area (TPSA) is 103 Å². The monoisotopic (exact) mass is 636 g/mol. The predicted molar refractivity (Wildman–Crippen MR) is 162 cm³/mol. The fraction of sp³-hybridized carbons (Fsp3) is 0.400. The first-order valence-electron chi connectivity index (χ1n) is 15.4. The lowest BCUT2D eigenvalue weighted by atomic mass is 9.47. The number of phenols is 1. The average molecular weight is 637 g/mol. The molecule has 2 fully saturated rings. The molecule has 46 heavy (non-hydrogen) atoms. The Hall–Kier alpha value is -4.06. The van der Waals surface area contributed by atoms with Crippen LogP contribution in [-0.4, -0.2) is 87.4 Å². The van der Waals surface area contributed by atoms with Gasteiger partial charge in [-0.05, 0) is 66.6 Å². The molecule has 11 heteroatoms. The van der Waals surface area contributed by atoms with E-state index in [1.165, 1.54) is 35.3 Å². The van der Waals surface area contributed by atoms with Gasteiger partial charge in [-0.15, -0.1) is 13.2 Å². The van der Waals surface area contributed by atoms with Crippen LogP contribution in [0.4, 0.5) is 13.2 Å². The van der Waals surface area contributed by atoms with Gasteiger partial charge in [-0.1, -0.05) is 48.5 Å². The van der Waals surface area contributed by atoms with Gasteiger partial charge in [-0.2, -0.15) is 0 Å². The van der Waals surface area contributed by atoms with Crippen molar-refractivity contribution in [2.24, 2.45) is 0 Å². The summed E-state index contributed by atoms with van der Waals surface area (Å²) in [5, 5.41) is 35.8. The number of likely N-dealkylation sites (tertiary alicyclic amines) is 1. The molecule has 3 unspecified atom stereocenters. The summed E-state index contributed by atoms with van der Waals surface area (Å²) >= 11 is 0. The van der Waals surface area contributed by atoms with E-state index in [9.17, 15) is 33.3 Å². The minimum atomic E-state index is -4.84. The van der Waals surface area contributed by atoms with Crippen molar-refractivity contribution in [3.8, 4) is 17.2 Å². The van der Waals surface area contributed by atoms with Crippen molar-refractivity contribution in [2.75, 3.05) is 20.1 Å². The Labute approximate surface area is 264 Å². The molecule has 4 aliphatic rings. The van der Waals surface area contributed by atoms with Gasteiger partial charge in [0.25, 0.3) is 0 Å². The lowest BCUT2D eigenvalue weighted by molar-refractivity contribution is -0.274. The maximum Gasteiger partial charge on any atom is 0.573 e. The van der Waals surface area contributed by atoms with Crippen LogP contribution in [0.2, 0.25) is 0 Å². The number of carbonyl (C=O) groups is 1. The lowest BCUT2D eigenvalue weighted by Gasteiger charge is -2.66. The van der Waals surface area contributed by atoms with E-state index >= 15 is 0 Å². The first-order valence-corrected chi connectivity index (χ1v) is 15.4. The second-order valence-corrected chi connectivity index (χ2v) is 12.8. The van der Waals surface area contributed by atoms with Crippen molar-refractivity contribution in [3.05, 3.63) is 95.1 Å². The number of likely N-dealkylation sites (N-methyl/N-ethyl adjacent to an activating group) is 1. The molecule has 242 valence electrons. The SMILES string of the molecule is CN(C(=O)/C=C/c1cccc(OC(F)(F)F)c1)C1CC[C@@]2(O)[C@H]3Cc4ccc(O)c5c4[C@@]2(C(O)CN3CCc2ccccc2)C1O5. The maximum absolute atomic E-state index is 13.5. The van der Waals surface area contributed by atoms with Crippen molar-refractivity contribution < 1.29 is 42.8 Å². The number of aromatic hydroxyl groups is 1. The van der Waals surface area contributed by atoms with Crippen LogP contribution < -0.4 is 9.47 Å². The maximum atomic E-state index is 13.5. The summed E-state index contributed by atoms with van der Waals surface area (Å²) < 4.78 is 48.6. The van der Waals surface area contributed by atoms with Crippen molar-refractivity contribution >= 4 is 12.0 Å². The molecule has 2 bridgehead atoms. The molecule has 1 saturated heterocycles. The van der Waals surface area contributed by atoms with Crippen molar-refractivity contribution in [1.82, 2.24) is 9.80 Å². The minimum Gasteiger partial charge on any atom is -0.504 e. The summed E-state index contributed by atoms with van der Waals surface area (Å²) in [5.74, 6) is -0.679. The van der Waals surface area contributed by atoms with Crippen LogP contribution in [-0.2, 0) is 23.1 Å². The molecule has 3 aromatic carbocycles. The first-order chi connectivity index (χ1) is 21.9. The molecule has 7 rings (SSSR count). The number of carbonyl (C=O) groups excluding carboxylic acids is 1. The number of phenolic OH excluding ortho intramolecular Hbond substituents is 1. The number of aliphatic hydroxyl groups excluding tert-OH is 1. The van der Waals surface area contributed by atoms with Gasteiger partial charge >= 0.3 is 6.36 Å². The molecule has 2 heterocycles. The standard InChI is InChI=1S/C35H35F3N2O6/c1-39(29(43)13-10-22-8-5-9-24(18-22)46-35(36,37)38)25-14-16-33(44)27-19-23-11-12-26(41)31-30(23)34(33,32(25)45-31)28(42)20-40(27)17-15-21-6-3-2-4-7-21/h2-13,18,25,27-28,32,41-42,44H,14-17,19-20H2,1H3/b13-10+/t25?,27-,28?,32?,33-,34+/m1/s1. The molecule has 0 aromatic heterocycles. The van der Waals surface area contributed by atoms with Crippen LogP contribution in [0.3, 0.4) is 0 Å². The number of ether oxygens (including phenoxy) is 2. The summed E-state index contributed by atoms with van der Waals surface area (Å²) in [6.07, 6.45) is -2.15. The van der Waals surface area contributed by atoms with Crippen LogP contribution in [0, 0.1) is 0 Å². The average Bonchev–Trinajstić information content (AvgIpc) is 3.39. The Morgan fingerprint density at radius 1 is 1.15 bits per heavy atom. The van der Waals surface area contributed by atoms with Gasteiger partial charge in [0.2, 0.25) is 5.91 Å². The number of piperidine rings is 1. The van der Waals surface area contributed by atoms with Gasteiger partial charge in [0, 0.05) is 37.8 Å². The second-order valence-electron chi connectivity index (χ2n) is 12.8. The molecule has 3 aromatic rings.